The Labute approximate surface area is 210 Å². The fourth-order valence-corrected chi connectivity index (χ4v) is 4.41. The van der Waals surface area contributed by atoms with Crippen LogP contribution in [-0.4, -0.2) is 29.3 Å². The molecule has 1 fully saturated rings. The summed E-state index contributed by atoms with van der Waals surface area (Å²) >= 11 is 3.18. The minimum Gasteiger partial charge on any atom is -0.490 e. The Morgan fingerprint density at radius 2 is 1.61 bits per heavy atom. The van der Waals surface area contributed by atoms with Gasteiger partial charge in [-0.1, -0.05) is 42.0 Å². The van der Waals surface area contributed by atoms with Crippen LogP contribution in [0.1, 0.15) is 16.7 Å². The van der Waals surface area contributed by atoms with Crippen molar-refractivity contribution in [3.63, 3.8) is 0 Å². The molecule has 7 heteroatoms. The summed E-state index contributed by atoms with van der Waals surface area (Å²) in [6, 6.07) is 23.1. The SMILES string of the molecule is Cc1ccc(OCCOc2cccc(/C=C3\SC(=O)N(Cc4ccc(I)cc4)C3=O)c2)cc1. The molecule has 0 spiro atoms. The van der Waals surface area contributed by atoms with E-state index in [0.717, 1.165) is 32.2 Å². The highest BCUT2D eigenvalue weighted by molar-refractivity contribution is 14.1. The third-order valence-electron chi connectivity index (χ3n) is 4.93. The number of benzene rings is 3. The van der Waals surface area contributed by atoms with Crippen LogP contribution in [0.5, 0.6) is 11.5 Å². The van der Waals surface area contributed by atoms with Crippen LogP contribution in [0.4, 0.5) is 4.79 Å². The van der Waals surface area contributed by atoms with E-state index in [0.29, 0.717) is 23.9 Å². The van der Waals surface area contributed by atoms with Crippen molar-refractivity contribution < 1.29 is 19.1 Å². The topological polar surface area (TPSA) is 55.8 Å². The Morgan fingerprint density at radius 3 is 2.33 bits per heavy atom. The number of rotatable bonds is 8. The molecule has 3 aromatic carbocycles. The van der Waals surface area contributed by atoms with Crippen LogP contribution in [0.2, 0.25) is 0 Å². The van der Waals surface area contributed by atoms with Crippen molar-refractivity contribution in [3.8, 4) is 11.5 Å². The van der Waals surface area contributed by atoms with Crippen LogP contribution in [0.15, 0.2) is 77.7 Å². The monoisotopic (exact) mass is 571 g/mol. The first-order valence-corrected chi connectivity index (χ1v) is 12.3. The van der Waals surface area contributed by atoms with Gasteiger partial charge < -0.3 is 9.47 Å². The lowest BCUT2D eigenvalue weighted by Crippen LogP contribution is -2.27. The zero-order valence-electron chi connectivity index (χ0n) is 18.0. The van der Waals surface area contributed by atoms with Crippen molar-refractivity contribution in [2.24, 2.45) is 0 Å². The van der Waals surface area contributed by atoms with Crippen molar-refractivity contribution in [2.75, 3.05) is 13.2 Å². The van der Waals surface area contributed by atoms with Crippen molar-refractivity contribution in [3.05, 3.63) is 98.0 Å². The summed E-state index contributed by atoms with van der Waals surface area (Å²) in [6.07, 6.45) is 1.73. The number of aryl methyl sites for hydroxylation is 1. The summed E-state index contributed by atoms with van der Waals surface area (Å²) in [4.78, 5) is 26.9. The molecule has 33 heavy (non-hydrogen) atoms. The Morgan fingerprint density at radius 1 is 0.909 bits per heavy atom. The van der Waals surface area contributed by atoms with E-state index in [1.54, 1.807) is 6.08 Å². The van der Waals surface area contributed by atoms with Crippen LogP contribution in [0.3, 0.4) is 0 Å². The zero-order valence-corrected chi connectivity index (χ0v) is 21.0. The maximum absolute atomic E-state index is 12.8. The van der Waals surface area contributed by atoms with E-state index in [4.69, 9.17) is 9.47 Å². The Hall–Kier alpha value is -2.78. The quantitative estimate of drug-likeness (QED) is 0.181. The molecule has 1 aliphatic heterocycles. The molecule has 0 atom stereocenters. The molecular formula is C26H22INO4S. The van der Waals surface area contributed by atoms with Crippen LogP contribution in [-0.2, 0) is 11.3 Å². The summed E-state index contributed by atoms with van der Waals surface area (Å²) in [5.74, 6) is 1.20. The van der Waals surface area contributed by atoms with Gasteiger partial charge in [0.05, 0.1) is 11.4 Å². The normalized spacial score (nSPS) is 14.7. The summed E-state index contributed by atoms with van der Waals surface area (Å²) in [6.45, 7) is 3.11. The number of ether oxygens (including phenoxy) is 2. The van der Waals surface area contributed by atoms with E-state index in [1.165, 1.54) is 10.5 Å². The lowest BCUT2D eigenvalue weighted by Gasteiger charge is -2.12. The van der Waals surface area contributed by atoms with Gasteiger partial charge in [0.25, 0.3) is 11.1 Å². The molecule has 0 saturated carbocycles. The Kier molecular flexibility index (Phi) is 7.72. The predicted molar refractivity (Wildman–Crippen MR) is 139 cm³/mol. The number of hydrogen-bond acceptors (Lipinski definition) is 5. The summed E-state index contributed by atoms with van der Waals surface area (Å²) in [7, 11) is 0. The number of nitrogens with zero attached hydrogens (tertiary/aromatic N) is 1. The highest BCUT2D eigenvalue weighted by Crippen LogP contribution is 2.33. The van der Waals surface area contributed by atoms with Gasteiger partial charge in [-0.15, -0.1) is 0 Å². The van der Waals surface area contributed by atoms with Gasteiger partial charge >= 0.3 is 0 Å². The number of carbonyl (C=O) groups is 2. The lowest BCUT2D eigenvalue weighted by molar-refractivity contribution is -0.123. The first-order chi connectivity index (χ1) is 16.0. The van der Waals surface area contributed by atoms with E-state index >= 15 is 0 Å². The van der Waals surface area contributed by atoms with E-state index in [-0.39, 0.29) is 17.7 Å². The van der Waals surface area contributed by atoms with Gasteiger partial charge in [-0.2, -0.15) is 0 Å². The minimum atomic E-state index is -0.277. The van der Waals surface area contributed by atoms with Crippen molar-refractivity contribution >= 4 is 51.6 Å². The number of imide groups is 1. The molecule has 0 radical (unpaired) electrons. The molecule has 5 nitrogen and oxygen atoms in total. The maximum atomic E-state index is 12.8. The van der Waals surface area contributed by atoms with Crippen LogP contribution >= 0.6 is 34.4 Å². The van der Waals surface area contributed by atoms with Gasteiger partial charge in [0.15, 0.2) is 0 Å². The summed E-state index contributed by atoms with van der Waals surface area (Å²) in [5.41, 5.74) is 2.90. The van der Waals surface area contributed by atoms with E-state index in [9.17, 15) is 9.59 Å². The highest BCUT2D eigenvalue weighted by atomic mass is 127. The first kappa shape index (κ1) is 23.4. The zero-order chi connectivity index (χ0) is 23.2. The molecule has 0 N–H and O–H groups in total. The molecule has 2 amide bonds. The first-order valence-electron chi connectivity index (χ1n) is 10.4. The second-order valence-corrected chi connectivity index (χ2v) is 9.72. The van der Waals surface area contributed by atoms with Gasteiger partial charge in [-0.05, 0) is 94.9 Å². The number of halogens is 1. The molecule has 1 saturated heterocycles. The van der Waals surface area contributed by atoms with Crippen molar-refractivity contribution in [1.82, 2.24) is 4.90 Å². The molecule has 4 rings (SSSR count). The highest BCUT2D eigenvalue weighted by Gasteiger charge is 2.34. The van der Waals surface area contributed by atoms with E-state index in [1.807, 2.05) is 79.7 Å². The molecule has 0 aliphatic carbocycles. The van der Waals surface area contributed by atoms with Gasteiger partial charge in [0, 0.05) is 3.57 Å². The number of thioether (sulfide) groups is 1. The number of amides is 2. The molecule has 168 valence electrons. The lowest BCUT2D eigenvalue weighted by atomic mass is 10.2. The third kappa shape index (κ3) is 6.39. The fraction of sp³-hybridized carbons (Fsp3) is 0.154. The molecule has 3 aromatic rings. The van der Waals surface area contributed by atoms with Gasteiger partial charge in [-0.3, -0.25) is 14.5 Å². The summed E-state index contributed by atoms with van der Waals surface area (Å²) < 4.78 is 12.6. The number of hydrogen-bond donors (Lipinski definition) is 0. The van der Waals surface area contributed by atoms with E-state index in [2.05, 4.69) is 22.6 Å². The standard InChI is InChI=1S/C26H22INO4S/c1-18-5-11-22(12-6-18)31-13-14-32-23-4-2-3-20(15-23)16-24-25(29)28(26(30)33-24)17-19-7-9-21(27)10-8-19/h2-12,15-16H,13-14,17H2,1H3/b24-16-. The third-order valence-corrected chi connectivity index (χ3v) is 6.55. The Balaban J connectivity index is 1.35. The average molecular weight is 571 g/mol. The van der Waals surface area contributed by atoms with Crippen LogP contribution in [0, 0.1) is 10.5 Å². The van der Waals surface area contributed by atoms with Gasteiger partial charge in [-0.25, -0.2) is 0 Å². The second-order valence-electron chi connectivity index (χ2n) is 7.48. The molecule has 0 unspecified atom stereocenters. The van der Waals surface area contributed by atoms with Crippen molar-refractivity contribution in [2.45, 2.75) is 13.5 Å². The molecule has 0 aromatic heterocycles. The molecule has 1 aliphatic rings. The van der Waals surface area contributed by atoms with Gasteiger partial charge in [0.1, 0.15) is 24.7 Å². The fourth-order valence-electron chi connectivity index (χ4n) is 3.21. The molecular weight excluding hydrogens is 549 g/mol. The second kappa shape index (κ2) is 10.9. The summed E-state index contributed by atoms with van der Waals surface area (Å²) in [5, 5.41) is -0.259. The smallest absolute Gasteiger partial charge is 0.293 e. The Bertz CT molecular complexity index is 1180. The average Bonchev–Trinajstić information content (AvgIpc) is 3.07. The minimum absolute atomic E-state index is 0.259. The van der Waals surface area contributed by atoms with Crippen LogP contribution in [0.25, 0.3) is 6.08 Å². The largest absolute Gasteiger partial charge is 0.490 e. The van der Waals surface area contributed by atoms with E-state index < -0.39 is 0 Å². The number of carbonyl (C=O) groups excluding carboxylic acids is 2. The van der Waals surface area contributed by atoms with Crippen molar-refractivity contribution in [1.29, 1.82) is 0 Å². The predicted octanol–water partition coefficient (Wildman–Crippen LogP) is 6.29. The van der Waals surface area contributed by atoms with Crippen LogP contribution < -0.4 is 9.47 Å². The molecule has 0 bridgehead atoms. The van der Waals surface area contributed by atoms with Gasteiger partial charge in [0.2, 0.25) is 0 Å². The maximum Gasteiger partial charge on any atom is 0.293 e. The molecule has 1 heterocycles.